The molecule has 4 heteroatoms. The zero-order chi connectivity index (χ0) is 15.4. The molecule has 0 saturated carbocycles. The number of aryl methyl sites for hydroxylation is 1. The van der Waals surface area contributed by atoms with Crippen LogP contribution in [0.15, 0.2) is 12.1 Å². The van der Waals surface area contributed by atoms with E-state index in [4.69, 9.17) is 11.6 Å². The van der Waals surface area contributed by atoms with Crippen molar-refractivity contribution in [1.29, 1.82) is 0 Å². The third-order valence-corrected chi connectivity index (χ3v) is 4.95. The maximum absolute atomic E-state index is 14.5. The van der Waals surface area contributed by atoms with E-state index in [2.05, 4.69) is 24.1 Å². The minimum Gasteiger partial charge on any atom is -0.314 e. The summed E-state index contributed by atoms with van der Waals surface area (Å²) in [6.45, 7) is 10.2. The Morgan fingerprint density at radius 2 is 2.00 bits per heavy atom. The van der Waals surface area contributed by atoms with E-state index in [-0.39, 0.29) is 11.9 Å². The predicted octanol–water partition coefficient (Wildman–Crippen LogP) is 4.17. The fourth-order valence-electron chi connectivity index (χ4n) is 3.35. The normalized spacial score (nSPS) is 19.5. The molecule has 1 aromatic rings. The van der Waals surface area contributed by atoms with Crippen LogP contribution in [0.1, 0.15) is 43.9 Å². The molecule has 0 aromatic heterocycles. The first-order valence-electron chi connectivity index (χ1n) is 7.95. The van der Waals surface area contributed by atoms with Gasteiger partial charge < -0.3 is 5.32 Å². The Bertz CT molecular complexity index is 472. The first kappa shape index (κ1) is 16.7. The van der Waals surface area contributed by atoms with E-state index in [0.29, 0.717) is 16.5 Å². The molecule has 2 rings (SSSR count). The molecule has 1 fully saturated rings. The maximum atomic E-state index is 14.5. The number of nitrogens with zero attached hydrogens (tertiary/aromatic N) is 1. The smallest absolute Gasteiger partial charge is 0.129 e. The van der Waals surface area contributed by atoms with Crippen LogP contribution in [-0.2, 0) is 0 Å². The molecule has 0 bridgehead atoms. The summed E-state index contributed by atoms with van der Waals surface area (Å²) in [6, 6.07) is 3.39. The van der Waals surface area contributed by atoms with Gasteiger partial charge in [0.15, 0.2) is 0 Å². The van der Waals surface area contributed by atoms with Crippen LogP contribution in [0.4, 0.5) is 4.39 Å². The Labute approximate surface area is 132 Å². The highest BCUT2D eigenvalue weighted by Crippen LogP contribution is 2.38. The van der Waals surface area contributed by atoms with Gasteiger partial charge in [0, 0.05) is 37.8 Å². The van der Waals surface area contributed by atoms with E-state index >= 15 is 0 Å². The van der Waals surface area contributed by atoms with Crippen LogP contribution in [0, 0.1) is 18.7 Å². The second-order valence-corrected chi connectivity index (χ2v) is 6.47. The van der Waals surface area contributed by atoms with Crippen molar-refractivity contribution in [2.75, 3.05) is 26.2 Å². The van der Waals surface area contributed by atoms with Crippen LogP contribution in [0.25, 0.3) is 0 Å². The first-order chi connectivity index (χ1) is 10.1. The summed E-state index contributed by atoms with van der Waals surface area (Å²) < 4.78 is 14.5. The number of rotatable bonds is 5. The molecular weight excluding hydrogens is 287 g/mol. The molecule has 1 aromatic carbocycles. The minimum absolute atomic E-state index is 0.0689. The van der Waals surface area contributed by atoms with Crippen molar-refractivity contribution < 1.29 is 4.39 Å². The average Bonchev–Trinajstić information content (AvgIpc) is 2.48. The van der Waals surface area contributed by atoms with E-state index < -0.39 is 0 Å². The van der Waals surface area contributed by atoms with E-state index in [9.17, 15) is 4.39 Å². The second kappa shape index (κ2) is 7.57. The van der Waals surface area contributed by atoms with E-state index in [0.717, 1.165) is 44.6 Å². The summed E-state index contributed by atoms with van der Waals surface area (Å²) >= 11 is 6.47. The van der Waals surface area contributed by atoms with Crippen LogP contribution in [0.5, 0.6) is 0 Å². The van der Waals surface area contributed by atoms with E-state index in [1.165, 1.54) is 0 Å². The highest BCUT2D eigenvalue weighted by molar-refractivity contribution is 6.32. The Morgan fingerprint density at radius 3 is 2.62 bits per heavy atom. The minimum atomic E-state index is -0.169. The quantitative estimate of drug-likeness (QED) is 0.878. The van der Waals surface area contributed by atoms with Gasteiger partial charge in [0.05, 0.1) is 5.02 Å². The van der Waals surface area contributed by atoms with Gasteiger partial charge in [-0.1, -0.05) is 37.9 Å². The van der Waals surface area contributed by atoms with Crippen LogP contribution < -0.4 is 5.32 Å². The van der Waals surface area contributed by atoms with Gasteiger partial charge in [0.1, 0.15) is 5.82 Å². The lowest BCUT2D eigenvalue weighted by atomic mass is 9.88. The Morgan fingerprint density at radius 1 is 1.33 bits per heavy atom. The van der Waals surface area contributed by atoms with Crippen molar-refractivity contribution in [3.05, 3.63) is 34.1 Å². The number of piperazine rings is 1. The zero-order valence-electron chi connectivity index (χ0n) is 13.3. The van der Waals surface area contributed by atoms with Gasteiger partial charge in [0.2, 0.25) is 0 Å². The van der Waals surface area contributed by atoms with Gasteiger partial charge in [-0.05, 0) is 30.9 Å². The standard InChI is InChI=1S/C17H26ClFN2/c1-4-5-13(3)17(21-10-8-20-9-11-21)15-14(19)7-6-12(2)16(15)18/h6-7,13,17,20H,4-5,8-11H2,1-3H3/t13?,17-/m1/s1. The SMILES string of the molecule is CCCC(C)[C@H](c1c(F)ccc(C)c1Cl)N1CCNCC1. The lowest BCUT2D eigenvalue weighted by molar-refractivity contribution is 0.123. The Balaban J connectivity index is 2.41. The van der Waals surface area contributed by atoms with Gasteiger partial charge in [0.25, 0.3) is 0 Å². The lowest BCUT2D eigenvalue weighted by Crippen LogP contribution is -2.47. The fourth-order valence-corrected chi connectivity index (χ4v) is 3.62. The van der Waals surface area contributed by atoms with E-state index in [1.54, 1.807) is 12.1 Å². The molecule has 1 heterocycles. The Hall–Kier alpha value is -0.640. The summed E-state index contributed by atoms with van der Waals surface area (Å²) in [7, 11) is 0. The van der Waals surface area contributed by atoms with Gasteiger partial charge in [-0.15, -0.1) is 0 Å². The van der Waals surface area contributed by atoms with Crippen molar-refractivity contribution in [1.82, 2.24) is 10.2 Å². The molecule has 0 radical (unpaired) electrons. The monoisotopic (exact) mass is 312 g/mol. The molecular formula is C17H26ClFN2. The number of nitrogens with one attached hydrogen (secondary N) is 1. The Kier molecular flexibility index (Phi) is 6.03. The summed E-state index contributed by atoms with van der Waals surface area (Å²) in [5.74, 6) is 0.221. The summed E-state index contributed by atoms with van der Waals surface area (Å²) in [6.07, 6.45) is 2.19. The summed E-state index contributed by atoms with van der Waals surface area (Å²) in [4.78, 5) is 2.39. The third kappa shape index (κ3) is 3.77. The zero-order valence-corrected chi connectivity index (χ0v) is 14.0. The highest BCUT2D eigenvalue weighted by atomic mass is 35.5. The molecule has 1 N–H and O–H groups in total. The van der Waals surface area contributed by atoms with Gasteiger partial charge >= 0.3 is 0 Å². The molecule has 2 nitrogen and oxygen atoms in total. The average molecular weight is 313 g/mol. The van der Waals surface area contributed by atoms with Gasteiger partial charge in [-0.2, -0.15) is 0 Å². The molecule has 0 aliphatic carbocycles. The van der Waals surface area contributed by atoms with Crippen molar-refractivity contribution in [3.63, 3.8) is 0 Å². The molecule has 0 amide bonds. The molecule has 1 aliphatic rings. The van der Waals surface area contributed by atoms with Crippen LogP contribution in [0.3, 0.4) is 0 Å². The largest absolute Gasteiger partial charge is 0.314 e. The maximum Gasteiger partial charge on any atom is 0.129 e. The van der Waals surface area contributed by atoms with Crippen molar-refractivity contribution in [3.8, 4) is 0 Å². The molecule has 0 spiro atoms. The first-order valence-corrected chi connectivity index (χ1v) is 8.33. The molecule has 21 heavy (non-hydrogen) atoms. The van der Waals surface area contributed by atoms with Crippen LogP contribution >= 0.6 is 11.6 Å². The van der Waals surface area contributed by atoms with Crippen molar-refractivity contribution >= 4 is 11.6 Å². The number of hydrogen-bond acceptors (Lipinski definition) is 2. The van der Waals surface area contributed by atoms with Crippen molar-refractivity contribution in [2.24, 2.45) is 5.92 Å². The summed E-state index contributed by atoms with van der Waals surface area (Å²) in [5, 5.41) is 3.96. The molecule has 118 valence electrons. The second-order valence-electron chi connectivity index (χ2n) is 6.09. The molecule has 1 aliphatic heterocycles. The van der Waals surface area contributed by atoms with E-state index in [1.807, 2.05) is 6.92 Å². The fraction of sp³-hybridized carbons (Fsp3) is 0.647. The topological polar surface area (TPSA) is 15.3 Å². The number of halogens is 2. The van der Waals surface area contributed by atoms with Crippen molar-refractivity contribution in [2.45, 2.75) is 39.7 Å². The molecule has 1 saturated heterocycles. The molecule has 2 atom stereocenters. The van der Waals surface area contributed by atoms with Crippen LogP contribution in [-0.4, -0.2) is 31.1 Å². The van der Waals surface area contributed by atoms with Gasteiger partial charge in [-0.3, -0.25) is 4.90 Å². The number of benzene rings is 1. The molecule has 1 unspecified atom stereocenters. The lowest BCUT2D eigenvalue weighted by Gasteiger charge is -2.39. The summed E-state index contributed by atoms with van der Waals surface area (Å²) in [5.41, 5.74) is 1.65. The van der Waals surface area contributed by atoms with Gasteiger partial charge in [-0.25, -0.2) is 4.39 Å². The number of hydrogen-bond donors (Lipinski definition) is 1. The third-order valence-electron chi connectivity index (χ3n) is 4.44. The predicted molar refractivity (Wildman–Crippen MR) is 87.4 cm³/mol. The van der Waals surface area contributed by atoms with Crippen LogP contribution in [0.2, 0.25) is 5.02 Å². The highest BCUT2D eigenvalue weighted by Gasteiger charge is 2.31.